The van der Waals surface area contributed by atoms with Gasteiger partial charge >= 0.3 is 0 Å². The minimum Gasteiger partial charge on any atom is -0.330 e. The summed E-state index contributed by atoms with van der Waals surface area (Å²) in [5, 5.41) is 0. The maximum absolute atomic E-state index is 5.60. The van der Waals surface area contributed by atoms with Gasteiger partial charge in [0.25, 0.3) is 0 Å². The first kappa shape index (κ1) is 15.6. The number of rotatable bonds is 5. The summed E-state index contributed by atoms with van der Waals surface area (Å²) in [6.07, 6.45) is 0.919. The number of aryl methyl sites for hydroxylation is 2. The number of hydrogen-bond donors (Lipinski definition) is 1. The molecule has 106 valence electrons. The number of halogens is 1. The molecule has 0 aliphatic heterocycles. The van der Waals surface area contributed by atoms with Crippen molar-refractivity contribution in [1.82, 2.24) is 0 Å². The topological polar surface area (TPSA) is 26.0 Å². The largest absolute Gasteiger partial charge is 0.330 e. The summed E-state index contributed by atoms with van der Waals surface area (Å²) < 4.78 is 1.16. The minimum atomic E-state index is 0.688. The van der Waals surface area contributed by atoms with Gasteiger partial charge in [-0.05, 0) is 50.1 Å². The molecule has 2 rings (SSSR count). The molecule has 20 heavy (non-hydrogen) atoms. The summed E-state index contributed by atoms with van der Waals surface area (Å²) in [7, 11) is 0. The van der Waals surface area contributed by atoms with Crippen LogP contribution in [0.2, 0.25) is 0 Å². The van der Waals surface area contributed by atoms with E-state index in [0.29, 0.717) is 6.54 Å². The van der Waals surface area contributed by atoms with Crippen LogP contribution in [0.3, 0.4) is 0 Å². The summed E-state index contributed by atoms with van der Waals surface area (Å²) in [5.74, 6) is 1.01. The van der Waals surface area contributed by atoms with E-state index < -0.39 is 0 Å². The normalized spacial score (nSPS) is 10.8. The summed E-state index contributed by atoms with van der Waals surface area (Å²) in [4.78, 5) is 1.29. The Hall–Kier alpha value is -0.770. The zero-order chi connectivity index (χ0) is 14.5. The molecule has 0 heterocycles. The van der Waals surface area contributed by atoms with Crippen molar-refractivity contribution in [1.29, 1.82) is 0 Å². The summed E-state index contributed by atoms with van der Waals surface area (Å²) in [6, 6.07) is 13.3. The van der Waals surface area contributed by atoms with Crippen molar-refractivity contribution in [3.8, 4) is 0 Å². The van der Waals surface area contributed by atoms with Crippen LogP contribution in [0, 0.1) is 13.8 Å². The highest BCUT2D eigenvalue weighted by molar-refractivity contribution is 9.10. The van der Waals surface area contributed by atoms with Crippen LogP contribution in [0.5, 0.6) is 0 Å². The van der Waals surface area contributed by atoms with Gasteiger partial charge in [-0.1, -0.05) is 51.3 Å². The molecule has 0 saturated carbocycles. The van der Waals surface area contributed by atoms with Gasteiger partial charge in [-0.2, -0.15) is 0 Å². The molecule has 0 saturated heterocycles. The van der Waals surface area contributed by atoms with Crippen molar-refractivity contribution < 1.29 is 0 Å². The quantitative estimate of drug-likeness (QED) is 0.780. The minimum absolute atomic E-state index is 0.688. The van der Waals surface area contributed by atoms with E-state index in [1.54, 1.807) is 0 Å². The monoisotopic (exact) mass is 349 g/mol. The van der Waals surface area contributed by atoms with E-state index in [0.717, 1.165) is 16.6 Å². The maximum Gasteiger partial charge on any atom is 0.0232 e. The SMILES string of the molecule is Cc1cc(C)cc(CSc2ccc(CCN)c(Br)c2)c1. The second-order valence-electron chi connectivity index (χ2n) is 5.08. The zero-order valence-electron chi connectivity index (χ0n) is 11.9. The van der Waals surface area contributed by atoms with Crippen LogP contribution in [0.1, 0.15) is 22.3 Å². The second-order valence-corrected chi connectivity index (χ2v) is 6.98. The standard InChI is InChI=1S/C17H20BrNS/c1-12-7-13(2)9-14(8-12)11-20-16-4-3-15(5-6-19)17(18)10-16/h3-4,7-10H,5-6,11,19H2,1-2H3. The van der Waals surface area contributed by atoms with Crippen LogP contribution in [0.15, 0.2) is 45.8 Å². The molecule has 0 amide bonds. The highest BCUT2D eigenvalue weighted by atomic mass is 79.9. The second kappa shape index (κ2) is 7.30. The van der Waals surface area contributed by atoms with Crippen LogP contribution in [-0.2, 0) is 12.2 Å². The van der Waals surface area contributed by atoms with E-state index >= 15 is 0 Å². The van der Waals surface area contributed by atoms with Gasteiger partial charge in [0.1, 0.15) is 0 Å². The van der Waals surface area contributed by atoms with E-state index in [9.17, 15) is 0 Å². The van der Waals surface area contributed by atoms with Crippen molar-refractivity contribution in [2.24, 2.45) is 5.73 Å². The lowest BCUT2D eigenvalue weighted by Gasteiger charge is -2.08. The van der Waals surface area contributed by atoms with E-state index in [4.69, 9.17) is 5.73 Å². The third kappa shape index (κ3) is 4.37. The van der Waals surface area contributed by atoms with Crippen molar-refractivity contribution >= 4 is 27.7 Å². The van der Waals surface area contributed by atoms with Crippen LogP contribution < -0.4 is 5.73 Å². The molecule has 0 aliphatic carbocycles. The van der Waals surface area contributed by atoms with Crippen LogP contribution >= 0.6 is 27.7 Å². The fourth-order valence-corrected chi connectivity index (χ4v) is 3.89. The van der Waals surface area contributed by atoms with Gasteiger partial charge in [-0.15, -0.1) is 11.8 Å². The van der Waals surface area contributed by atoms with Gasteiger partial charge in [0.2, 0.25) is 0 Å². The number of hydrogen-bond acceptors (Lipinski definition) is 2. The molecule has 0 aliphatic rings. The van der Waals surface area contributed by atoms with Crippen molar-refractivity contribution in [3.63, 3.8) is 0 Å². The Morgan fingerprint density at radius 1 is 1.05 bits per heavy atom. The Bertz CT molecular complexity index is 575. The molecule has 2 N–H and O–H groups in total. The predicted octanol–water partition coefficient (Wildman–Crippen LogP) is 4.86. The van der Waals surface area contributed by atoms with Crippen LogP contribution in [0.4, 0.5) is 0 Å². The average Bonchev–Trinajstić information content (AvgIpc) is 2.38. The van der Waals surface area contributed by atoms with Gasteiger partial charge in [0, 0.05) is 15.1 Å². The molecule has 0 unspecified atom stereocenters. The first-order valence-corrected chi connectivity index (χ1v) is 8.55. The fourth-order valence-electron chi connectivity index (χ4n) is 2.30. The van der Waals surface area contributed by atoms with E-state index in [1.165, 1.54) is 27.1 Å². The molecule has 0 spiro atoms. The Kier molecular flexibility index (Phi) is 5.70. The molecule has 3 heteroatoms. The average molecular weight is 350 g/mol. The Morgan fingerprint density at radius 2 is 1.75 bits per heavy atom. The third-order valence-corrected chi connectivity index (χ3v) is 4.93. The number of nitrogens with two attached hydrogens (primary N) is 1. The van der Waals surface area contributed by atoms with Crippen LogP contribution in [-0.4, -0.2) is 6.54 Å². The van der Waals surface area contributed by atoms with Crippen molar-refractivity contribution in [2.45, 2.75) is 30.9 Å². The number of thioether (sulfide) groups is 1. The molecule has 0 fully saturated rings. The molecule has 1 nitrogen and oxygen atoms in total. The predicted molar refractivity (Wildman–Crippen MR) is 92.4 cm³/mol. The van der Waals surface area contributed by atoms with Gasteiger partial charge in [0.15, 0.2) is 0 Å². The lowest BCUT2D eigenvalue weighted by Crippen LogP contribution is -2.03. The lowest BCUT2D eigenvalue weighted by atomic mass is 10.1. The van der Waals surface area contributed by atoms with E-state index in [2.05, 4.69) is 66.2 Å². The first-order chi connectivity index (χ1) is 9.58. The molecular weight excluding hydrogens is 330 g/mol. The Morgan fingerprint density at radius 3 is 2.35 bits per heavy atom. The van der Waals surface area contributed by atoms with Crippen molar-refractivity contribution in [2.75, 3.05) is 6.54 Å². The van der Waals surface area contributed by atoms with Gasteiger partial charge in [-0.3, -0.25) is 0 Å². The Balaban J connectivity index is 2.05. The molecule has 0 bridgehead atoms. The first-order valence-electron chi connectivity index (χ1n) is 6.77. The number of benzene rings is 2. The zero-order valence-corrected chi connectivity index (χ0v) is 14.4. The lowest BCUT2D eigenvalue weighted by molar-refractivity contribution is 0.960. The Labute approximate surface area is 134 Å². The van der Waals surface area contributed by atoms with Crippen LogP contribution in [0.25, 0.3) is 0 Å². The maximum atomic E-state index is 5.60. The van der Waals surface area contributed by atoms with Gasteiger partial charge in [0.05, 0.1) is 0 Å². The molecule has 2 aromatic carbocycles. The highest BCUT2D eigenvalue weighted by Crippen LogP contribution is 2.28. The molecule has 0 atom stereocenters. The fraction of sp³-hybridized carbons (Fsp3) is 0.294. The highest BCUT2D eigenvalue weighted by Gasteiger charge is 2.03. The molecule has 0 aromatic heterocycles. The molecular formula is C17H20BrNS. The molecule has 0 radical (unpaired) electrons. The summed E-state index contributed by atoms with van der Waals surface area (Å²) in [5.41, 5.74) is 10.9. The third-order valence-electron chi connectivity index (χ3n) is 3.13. The van der Waals surface area contributed by atoms with E-state index in [-0.39, 0.29) is 0 Å². The summed E-state index contributed by atoms with van der Waals surface area (Å²) >= 11 is 5.50. The van der Waals surface area contributed by atoms with Gasteiger partial charge < -0.3 is 5.73 Å². The van der Waals surface area contributed by atoms with Gasteiger partial charge in [-0.25, -0.2) is 0 Å². The smallest absolute Gasteiger partial charge is 0.0232 e. The summed E-state index contributed by atoms with van der Waals surface area (Å²) in [6.45, 7) is 4.99. The van der Waals surface area contributed by atoms with E-state index in [1.807, 2.05) is 11.8 Å². The molecule has 2 aromatic rings. The van der Waals surface area contributed by atoms with Crippen molar-refractivity contribution in [3.05, 3.63) is 63.1 Å².